The fourth-order valence-electron chi connectivity index (χ4n) is 1.26. The van der Waals surface area contributed by atoms with E-state index in [9.17, 15) is 4.79 Å². The average molecular weight is 247 g/mol. The average Bonchev–Trinajstić information content (AvgIpc) is 2.39. The lowest BCUT2D eigenvalue weighted by Crippen LogP contribution is -2.28. The van der Waals surface area contributed by atoms with Crippen LogP contribution in [0.1, 0.15) is 5.56 Å². The van der Waals surface area contributed by atoms with E-state index in [-0.39, 0.29) is 13.2 Å². The van der Waals surface area contributed by atoms with Crippen molar-refractivity contribution in [3.63, 3.8) is 0 Å². The monoisotopic (exact) mass is 247 g/mol. The molecule has 1 aromatic rings. The molecule has 0 spiro atoms. The molecule has 0 unspecified atom stereocenters. The van der Waals surface area contributed by atoms with Crippen LogP contribution < -0.4 is 0 Å². The van der Waals surface area contributed by atoms with Crippen LogP contribution in [0.4, 0.5) is 4.79 Å². The zero-order valence-electron chi connectivity index (χ0n) is 10.5. The van der Waals surface area contributed by atoms with Crippen molar-refractivity contribution in [2.75, 3.05) is 26.8 Å². The Kier molecular flexibility index (Phi) is 6.37. The van der Waals surface area contributed by atoms with Gasteiger partial charge in [-0.1, -0.05) is 36.3 Å². The molecular formula is C14H17NO3. The van der Waals surface area contributed by atoms with Gasteiger partial charge in [0.15, 0.2) is 0 Å². The summed E-state index contributed by atoms with van der Waals surface area (Å²) in [7, 11) is 1.59. The third-order valence-corrected chi connectivity index (χ3v) is 2.20. The lowest BCUT2D eigenvalue weighted by atomic mass is 10.2. The van der Waals surface area contributed by atoms with Crippen LogP contribution in [0.5, 0.6) is 0 Å². The van der Waals surface area contributed by atoms with Gasteiger partial charge in [0, 0.05) is 7.05 Å². The molecule has 0 aliphatic carbocycles. The molecule has 0 saturated heterocycles. The van der Waals surface area contributed by atoms with Gasteiger partial charge in [-0.2, -0.15) is 0 Å². The molecule has 1 amide bonds. The zero-order valence-corrected chi connectivity index (χ0v) is 10.5. The summed E-state index contributed by atoms with van der Waals surface area (Å²) < 4.78 is 10.3. The Hall–Kier alpha value is -1.99. The predicted octanol–water partition coefficient (Wildman–Crippen LogP) is 1.90. The summed E-state index contributed by atoms with van der Waals surface area (Å²) in [6.45, 7) is 1.34. The van der Waals surface area contributed by atoms with Gasteiger partial charge in [-0.05, 0) is 5.56 Å². The number of hydrogen-bond donors (Lipinski definition) is 0. The first-order chi connectivity index (χ1) is 8.74. The molecule has 0 radical (unpaired) electrons. The van der Waals surface area contributed by atoms with E-state index in [0.29, 0.717) is 13.2 Å². The van der Waals surface area contributed by atoms with Gasteiger partial charge in [0.25, 0.3) is 0 Å². The van der Waals surface area contributed by atoms with Crippen LogP contribution >= 0.6 is 0 Å². The molecule has 0 aliphatic rings. The summed E-state index contributed by atoms with van der Waals surface area (Å²) in [5.74, 6) is 2.37. The van der Waals surface area contributed by atoms with Crippen molar-refractivity contribution in [2.24, 2.45) is 0 Å². The number of terminal acetylenes is 1. The number of carbonyl (C=O) groups is 1. The van der Waals surface area contributed by atoms with Crippen molar-refractivity contribution in [2.45, 2.75) is 6.61 Å². The Labute approximate surface area is 107 Å². The van der Waals surface area contributed by atoms with Gasteiger partial charge in [-0.15, -0.1) is 6.42 Å². The van der Waals surface area contributed by atoms with Crippen molar-refractivity contribution in [3.05, 3.63) is 35.9 Å². The lowest BCUT2D eigenvalue weighted by molar-refractivity contribution is 0.0537. The molecule has 96 valence electrons. The summed E-state index contributed by atoms with van der Waals surface area (Å²) in [5.41, 5.74) is 1.09. The maximum absolute atomic E-state index is 11.3. The van der Waals surface area contributed by atoms with Crippen molar-refractivity contribution in [3.8, 4) is 12.3 Å². The zero-order chi connectivity index (χ0) is 13.2. The number of hydrogen-bond acceptors (Lipinski definition) is 3. The standard InChI is InChI=1S/C14H17NO3/c1-3-9-15(2)14(16)18-11-10-17-12-13-7-5-4-6-8-13/h1,4-8H,9-12H2,2H3. The number of rotatable bonds is 6. The van der Waals surface area contributed by atoms with Gasteiger partial charge in [0.05, 0.1) is 19.8 Å². The minimum atomic E-state index is -0.434. The third-order valence-electron chi connectivity index (χ3n) is 2.20. The van der Waals surface area contributed by atoms with E-state index in [1.807, 2.05) is 30.3 Å². The molecule has 0 saturated carbocycles. The Balaban J connectivity index is 2.09. The van der Waals surface area contributed by atoms with Crippen LogP contribution in [0.25, 0.3) is 0 Å². The lowest BCUT2D eigenvalue weighted by Gasteiger charge is -2.13. The topological polar surface area (TPSA) is 38.8 Å². The molecule has 1 rings (SSSR count). The Morgan fingerprint density at radius 3 is 2.72 bits per heavy atom. The van der Waals surface area contributed by atoms with Crippen LogP contribution in [-0.2, 0) is 16.1 Å². The molecule has 0 heterocycles. The van der Waals surface area contributed by atoms with Gasteiger partial charge in [0.2, 0.25) is 0 Å². The molecule has 0 atom stereocenters. The van der Waals surface area contributed by atoms with Gasteiger partial charge < -0.3 is 14.4 Å². The van der Waals surface area contributed by atoms with Gasteiger partial charge in [-0.3, -0.25) is 0 Å². The number of amides is 1. The number of ether oxygens (including phenoxy) is 2. The largest absolute Gasteiger partial charge is 0.447 e. The van der Waals surface area contributed by atoms with E-state index in [4.69, 9.17) is 15.9 Å². The van der Waals surface area contributed by atoms with Crippen molar-refractivity contribution in [1.29, 1.82) is 0 Å². The van der Waals surface area contributed by atoms with E-state index >= 15 is 0 Å². The van der Waals surface area contributed by atoms with E-state index in [1.54, 1.807) is 7.05 Å². The molecule has 0 aromatic heterocycles. The van der Waals surface area contributed by atoms with E-state index in [1.165, 1.54) is 4.90 Å². The van der Waals surface area contributed by atoms with Crippen LogP contribution in [0.15, 0.2) is 30.3 Å². The second-order valence-electron chi connectivity index (χ2n) is 3.71. The van der Waals surface area contributed by atoms with Crippen molar-refractivity contribution >= 4 is 6.09 Å². The maximum atomic E-state index is 11.3. The summed E-state index contributed by atoms with van der Waals surface area (Å²) in [6, 6.07) is 9.81. The van der Waals surface area contributed by atoms with Crippen LogP contribution in [0, 0.1) is 12.3 Å². The number of benzene rings is 1. The second kappa shape index (κ2) is 8.15. The molecule has 1 aromatic carbocycles. The number of carbonyl (C=O) groups excluding carboxylic acids is 1. The fourth-order valence-corrected chi connectivity index (χ4v) is 1.26. The van der Waals surface area contributed by atoms with Gasteiger partial charge in [-0.25, -0.2) is 4.79 Å². The highest BCUT2D eigenvalue weighted by molar-refractivity contribution is 5.67. The molecule has 0 fully saturated rings. The number of nitrogens with zero attached hydrogens (tertiary/aromatic N) is 1. The van der Waals surface area contributed by atoms with Gasteiger partial charge >= 0.3 is 6.09 Å². The molecule has 0 N–H and O–H groups in total. The highest BCUT2D eigenvalue weighted by Crippen LogP contribution is 2.00. The summed E-state index contributed by atoms with van der Waals surface area (Å²) in [6.07, 6.45) is 4.65. The summed E-state index contributed by atoms with van der Waals surface area (Å²) in [4.78, 5) is 12.6. The molecule has 18 heavy (non-hydrogen) atoms. The Morgan fingerprint density at radius 2 is 2.06 bits per heavy atom. The quantitative estimate of drug-likeness (QED) is 0.569. The first-order valence-electron chi connectivity index (χ1n) is 5.67. The highest BCUT2D eigenvalue weighted by Gasteiger charge is 2.07. The Morgan fingerprint density at radius 1 is 1.33 bits per heavy atom. The third kappa shape index (κ3) is 5.37. The summed E-state index contributed by atoms with van der Waals surface area (Å²) in [5, 5.41) is 0. The Bertz CT molecular complexity index is 397. The SMILES string of the molecule is C#CCN(C)C(=O)OCCOCc1ccccc1. The van der Waals surface area contributed by atoms with Crippen LogP contribution in [-0.4, -0.2) is 37.8 Å². The van der Waals surface area contributed by atoms with Crippen LogP contribution in [0.3, 0.4) is 0 Å². The first-order valence-corrected chi connectivity index (χ1v) is 5.67. The normalized spacial score (nSPS) is 9.56. The van der Waals surface area contributed by atoms with E-state index in [2.05, 4.69) is 5.92 Å². The fraction of sp³-hybridized carbons (Fsp3) is 0.357. The summed E-state index contributed by atoms with van der Waals surface area (Å²) >= 11 is 0. The van der Waals surface area contributed by atoms with Crippen LogP contribution in [0.2, 0.25) is 0 Å². The molecule has 4 nitrogen and oxygen atoms in total. The van der Waals surface area contributed by atoms with E-state index in [0.717, 1.165) is 5.56 Å². The minimum Gasteiger partial charge on any atom is -0.447 e. The molecule has 4 heteroatoms. The smallest absolute Gasteiger partial charge is 0.410 e. The van der Waals surface area contributed by atoms with Crippen molar-refractivity contribution in [1.82, 2.24) is 4.90 Å². The van der Waals surface area contributed by atoms with Crippen molar-refractivity contribution < 1.29 is 14.3 Å². The maximum Gasteiger partial charge on any atom is 0.410 e. The molecule has 0 bridgehead atoms. The predicted molar refractivity (Wildman–Crippen MR) is 68.9 cm³/mol. The van der Waals surface area contributed by atoms with E-state index < -0.39 is 6.09 Å². The van der Waals surface area contributed by atoms with Gasteiger partial charge in [0.1, 0.15) is 6.61 Å². The molecular weight excluding hydrogens is 230 g/mol. The second-order valence-corrected chi connectivity index (χ2v) is 3.71. The minimum absolute atomic E-state index is 0.223. The molecule has 0 aliphatic heterocycles. The highest BCUT2D eigenvalue weighted by atomic mass is 16.6. The first kappa shape index (κ1) is 14.1.